The summed E-state index contributed by atoms with van der Waals surface area (Å²) in [4.78, 5) is 18.6. The Labute approximate surface area is 157 Å². The third kappa shape index (κ3) is 7.47. The number of carbonyl (C=O) groups excluding carboxylic acids is 1. The first kappa shape index (κ1) is 22.0. The van der Waals surface area contributed by atoms with Crippen LogP contribution >= 0.6 is 0 Å². The molecule has 1 heterocycles. The highest BCUT2D eigenvalue weighted by molar-refractivity contribution is 5.92. The molecule has 0 spiro atoms. The van der Waals surface area contributed by atoms with Crippen LogP contribution < -0.4 is 16.0 Å². The fourth-order valence-corrected chi connectivity index (χ4v) is 2.82. The fourth-order valence-electron chi connectivity index (χ4n) is 2.82. The van der Waals surface area contributed by atoms with Gasteiger partial charge in [0.1, 0.15) is 0 Å². The Morgan fingerprint density at radius 3 is 2.27 bits per heavy atom. The van der Waals surface area contributed by atoms with Gasteiger partial charge in [-0.3, -0.25) is 14.7 Å². The molecule has 0 unspecified atom stereocenters. The molecule has 26 heavy (non-hydrogen) atoms. The predicted octanol–water partition coefficient (Wildman–Crippen LogP) is 1.99. The van der Waals surface area contributed by atoms with Crippen molar-refractivity contribution in [2.45, 2.75) is 53.1 Å². The van der Waals surface area contributed by atoms with Crippen molar-refractivity contribution in [3.8, 4) is 0 Å². The van der Waals surface area contributed by atoms with E-state index in [4.69, 9.17) is 4.42 Å². The van der Waals surface area contributed by atoms with E-state index >= 15 is 0 Å². The third-order valence-corrected chi connectivity index (χ3v) is 4.21. The molecule has 0 fully saturated rings. The quantitative estimate of drug-likeness (QED) is 0.336. The smallest absolute Gasteiger partial charge is 0.287 e. The zero-order chi connectivity index (χ0) is 19.5. The predicted molar refractivity (Wildman–Crippen MR) is 107 cm³/mol. The van der Waals surface area contributed by atoms with Gasteiger partial charge in [0.25, 0.3) is 5.91 Å². The zero-order valence-corrected chi connectivity index (χ0v) is 17.1. The van der Waals surface area contributed by atoms with Crippen molar-refractivity contribution >= 4 is 11.9 Å². The van der Waals surface area contributed by atoms with Gasteiger partial charge in [-0.1, -0.05) is 0 Å². The second-order valence-electron chi connectivity index (χ2n) is 6.89. The van der Waals surface area contributed by atoms with E-state index in [2.05, 4.69) is 53.5 Å². The van der Waals surface area contributed by atoms with E-state index in [0.29, 0.717) is 24.4 Å². The van der Waals surface area contributed by atoms with E-state index in [0.717, 1.165) is 37.6 Å². The van der Waals surface area contributed by atoms with Gasteiger partial charge in [0.05, 0.1) is 6.26 Å². The number of guanidine groups is 1. The van der Waals surface area contributed by atoms with Crippen LogP contribution in [-0.2, 0) is 0 Å². The minimum Gasteiger partial charge on any atom is -0.459 e. The van der Waals surface area contributed by atoms with Crippen LogP contribution in [0.3, 0.4) is 0 Å². The minimum absolute atomic E-state index is 0.169. The van der Waals surface area contributed by atoms with Crippen LogP contribution in [0.15, 0.2) is 21.7 Å². The van der Waals surface area contributed by atoms with Crippen LogP contribution in [0.2, 0.25) is 0 Å². The number of nitrogens with one attached hydrogen (secondary N) is 3. The molecule has 1 rings (SSSR count). The molecule has 3 N–H and O–H groups in total. The number of hydrogen-bond acceptors (Lipinski definition) is 4. The van der Waals surface area contributed by atoms with Crippen LogP contribution in [0.1, 0.15) is 50.2 Å². The van der Waals surface area contributed by atoms with E-state index in [1.807, 2.05) is 6.92 Å². The van der Waals surface area contributed by atoms with Gasteiger partial charge in [0, 0.05) is 50.9 Å². The average molecular weight is 366 g/mol. The molecule has 0 aliphatic heterocycles. The maximum atomic E-state index is 11.9. The number of rotatable bonds is 10. The van der Waals surface area contributed by atoms with Crippen LogP contribution in [0, 0.1) is 6.92 Å². The van der Waals surface area contributed by atoms with Crippen molar-refractivity contribution in [2.24, 2.45) is 4.99 Å². The average Bonchev–Trinajstić information content (AvgIpc) is 3.01. The second kappa shape index (κ2) is 11.6. The molecule has 0 saturated carbocycles. The number of amides is 1. The summed E-state index contributed by atoms with van der Waals surface area (Å²) in [5.41, 5.74) is 0.849. The number of furan rings is 1. The Kier molecular flexibility index (Phi) is 9.80. The molecular weight excluding hydrogens is 330 g/mol. The standard InChI is InChI=1S/C19H35N5O2/c1-14(2)24(15(3)4)12-11-23-19(20-6)22-10-7-9-21-18(25)17-16(5)8-13-26-17/h8,13-15H,7,9-12H2,1-6H3,(H,21,25)(H2,20,22,23). The lowest BCUT2D eigenvalue weighted by Crippen LogP contribution is -2.45. The van der Waals surface area contributed by atoms with Crippen molar-refractivity contribution < 1.29 is 9.21 Å². The highest BCUT2D eigenvalue weighted by Crippen LogP contribution is 2.07. The molecule has 0 aliphatic carbocycles. The van der Waals surface area contributed by atoms with E-state index in [-0.39, 0.29) is 5.91 Å². The Bertz CT molecular complexity index is 558. The third-order valence-electron chi connectivity index (χ3n) is 4.21. The van der Waals surface area contributed by atoms with E-state index < -0.39 is 0 Å². The number of aliphatic imine (C=N–C) groups is 1. The number of hydrogen-bond donors (Lipinski definition) is 3. The fraction of sp³-hybridized carbons (Fsp3) is 0.684. The number of nitrogens with zero attached hydrogens (tertiary/aromatic N) is 2. The molecule has 1 aromatic heterocycles. The summed E-state index contributed by atoms with van der Waals surface area (Å²) < 4.78 is 5.18. The van der Waals surface area contributed by atoms with Gasteiger partial charge in [-0.15, -0.1) is 0 Å². The van der Waals surface area contributed by atoms with Crippen LogP contribution in [0.4, 0.5) is 0 Å². The maximum Gasteiger partial charge on any atom is 0.287 e. The van der Waals surface area contributed by atoms with Gasteiger partial charge in [-0.25, -0.2) is 0 Å². The van der Waals surface area contributed by atoms with Crippen molar-refractivity contribution in [3.63, 3.8) is 0 Å². The summed E-state index contributed by atoms with van der Waals surface area (Å²) in [6.45, 7) is 13.8. The number of aryl methyl sites for hydroxylation is 1. The summed E-state index contributed by atoms with van der Waals surface area (Å²) >= 11 is 0. The van der Waals surface area contributed by atoms with Gasteiger partial charge in [0.2, 0.25) is 0 Å². The topological polar surface area (TPSA) is 81.9 Å². The normalized spacial score (nSPS) is 12.1. The molecule has 7 heteroatoms. The molecule has 0 aliphatic rings. The zero-order valence-electron chi connectivity index (χ0n) is 17.1. The van der Waals surface area contributed by atoms with Gasteiger partial charge in [-0.2, -0.15) is 0 Å². The van der Waals surface area contributed by atoms with Crippen molar-refractivity contribution in [1.29, 1.82) is 0 Å². The summed E-state index contributed by atoms with van der Waals surface area (Å²) in [6, 6.07) is 2.83. The monoisotopic (exact) mass is 365 g/mol. The molecule has 0 aromatic carbocycles. The van der Waals surface area contributed by atoms with Gasteiger partial charge in [-0.05, 0) is 47.1 Å². The van der Waals surface area contributed by atoms with Crippen LogP contribution in [0.5, 0.6) is 0 Å². The molecule has 1 aromatic rings. The molecule has 148 valence electrons. The van der Waals surface area contributed by atoms with Gasteiger partial charge >= 0.3 is 0 Å². The molecule has 0 saturated heterocycles. The van der Waals surface area contributed by atoms with Gasteiger partial charge in [0.15, 0.2) is 11.7 Å². The van der Waals surface area contributed by atoms with Gasteiger partial charge < -0.3 is 20.4 Å². The highest BCUT2D eigenvalue weighted by atomic mass is 16.3. The van der Waals surface area contributed by atoms with E-state index in [1.165, 1.54) is 6.26 Å². The minimum atomic E-state index is -0.169. The first-order valence-corrected chi connectivity index (χ1v) is 9.39. The highest BCUT2D eigenvalue weighted by Gasteiger charge is 2.13. The summed E-state index contributed by atoms with van der Waals surface area (Å²) in [7, 11) is 1.76. The Morgan fingerprint density at radius 1 is 1.12 bits per heavy atom. The maximum absolute atomic E-state index is 11.9. The molecule has 0 radical (unpaired) electrons. The lowest BCUT2D eigenvalue weighted by atomic mass is 10.2. The first-order valence-electron chi connectivity index (χ1n) is 9.39. The first-order chi connectivity index (χ1) is 12.4. The largest absolute Gasteiger partial charge is 0.459 e. The molecule has 1 amide bonds. The Balaban J connectivity index is 2.20. The lowest BCUT2D eigenvalue weighted by molar-refractivity contribution is 0.0925. The Morgan fingerprint density at radius 2 is 1.73 bits per heavy atom. The van der Waals surface area contributed by atoms with Crippen LogP contribution in [0.25, 0.3) is 0 Å². The molecule has 0 bridgehead atoms. The molecular formula is C19H35N5O2. The summed E-state index contributed by atoms with van der Waals surface area (Å²) in [5, 5.41) is 9.46. The number of carbonyl (C=O) groups is 1. The van der Waals surface area contributed by atoms with E-state index in [9.17, 15) is 4.79 Å². The summed E-state index contributed by atoms with van der Waals surface area (Å²) in [6.07, 6.45) is 2.33. The SMILES string of the molecule is CN=C(NCCCNC(=O)c1occc1C)NCCN(C(C)C)C(C)C. The lowest BCUT2D eigenvalue weighted by Gasteiger charge is -2.30. The molecule has 7 nitrogen and oxygen atoms in total. The Hall–Kier alpha value is -2.02. The van der Waals surface area contributed by atoms with Crippen molar-refractivity contribution in [1.82, 2.24) is 20.9 Å². The van der Waals surface area contributed by atoms with Crippen molar-refractivity contribution in [3.05, 3.63) is 23.7 Å². The van der Waals surface area contributed by atoms with E-state index in [1.54, 1.807) is 13.1 Å². The molecule has 0 atom stereocenters. The van der Waals surface area contributed by atoms with Crippen LogP contribution in [-0.4, -0.2) is 62.1 Å². The van der Waals surface area contributed by atoms with Crippen molar-refractivity contribution in [2.75, 3.05) is 33.2 Å². The second-order valence-corrected chi connectivity index (χ2v) is 6.89. The summed E-state index contributed by atoms with van der Waals surface area (Å²) in [5.74, 6) is 0.999.